The molecule has 3 atom stereocenters. The Hall–Kier alpha value is -2.84. The number of ether oxygens (including phenoxy) is 1. The van der Waals surface area contributed by atoms with Crippen LogP contribution in [-0.4, -0.2) is 39.5 Å². The lowest BCUT2D eigenvalue weighted by Crippen LogP contribution is -2.34. The number of rotatable bonds is 7. The van der Waals surface area contributed by atoms with E-state index in [-0.39, 0.29) is 36.5 Å². The average Bonchev–Trinajstić information content (AvgIpc) is 3.36. The molecule has 0 aliphatic heterocycles. The Labute approximate surface area is 157 Å². The molecule has 2 aromatic rings. The first-order valence-corrected chi connectivity index (χ1v) is 9.25. The van der Waals surface area contributed by atoms with Crippen molar-refractivity contribution >= 4 is 17.8 Å². The van der Waals surface area contributed by atoms with Crippen LogP contribution in [0, 0.1) is 0 Å². The number of H-pyrrole nitrogens is 1. The Morgan fingerprint density at radius 2 is 2.30 bits per heavy atom. The smallest absolute Gasteiger partial charge is 0.407 e. The van der Waals surface area contributed by atoms with E-state index in [0.29, 0.717) is 11.6 Å². The third-order valence-corrected chi connectivity index (χ3v) is 4.77. The molecule has 0 aromatic carbocycles. The molecule has 0 unspecified atom stereocenters. The van der Waals surface area contributed by atoms with Gasteiger partial charge in [0.05, 0.1) is 12.6 Å². The molecule has 0 radical (unpaired) electrons. The summed E-state index contributed by atoms with van der Waals surface area (Å²) in [5, 5.41) is 16.2. The Morgan fingerprint density at radius 3 is 3.04 bits per heavy atom. The molecule has 146 valence electrons. The van der Waals surface area contributed by atoms with E-state index in [1.807, 2.05) is 19.9 Å². The molecule has 3 rings (SSSR count). The van der Waals surface area contributed by atoms with Crippen LogP contribution in [0.25, 0.3) is 0 Å². The number of nitrogens with one attached hydrogen (secondary N) is 3. The molecular formula is C18H25N5O4. The van der Waals surface area contributed by atoms with Gasteiger partial charge in [-0.3, -0.25) is 9.89 Å². The largest absolute Gasteiger partial charge is 0.446 e. The molecule has 2 heterocycles. The molecular weight excluding hydrogens is 350 g/mol. The van der Waals surface area contributed by atoms with E-state index in [0.717, 1.165) is 31.4 Å². The molecule has 9 heteroatoms. The van der Waals surface area contributed by atoms with Crippen LogP contribution in [0.1, 0.15) is 56.9 Å². The van der Waals surface area contributed by atoms with Crippen LogP contribution in [-0.2, 0) is 16.0 Å². The van der Waals surface area contributed by atoms with Crippen LogP contribution < -0.4 is 10.6 Å². The van der Waals surface area contributed by atoms with Crippen LogP contribution >= 0.6 is 0 Å². The second-order valence-corrected chi connectivity index (χ2v) is 6.90. The van der Waals surface area contributed by atoms with Gasteiger partial charge in [0.1, 0.15) is 11.9 Å². The Morgan fingerprint density at radius 1 is 1.44 bits per heavy atom. The van der Waals surface area contributed by atoms with E-state index in [2.05, 4.69) is 26.0 Å². The lowest BCUT2D eigenvalue weighted by atomic mass is 10.0. The Balaban J connectivity index is 1.47. The van der Waals surface area contributed by atoms with Gasteiger partial charge in [-0.25, -0.2) is 4.79 Å². The second kappa shape index (κ2) is 8.70. The minimum absolute atomic E-state index is 0.102. The van der Waals surface area contributed by atoms with Crippen molar-refractivity contribution in [1.82, 2.24) is 20.7 Å². The monoisotopic (exact) mass is 375 g/mol. The first-order chi connectivity index (χ1) is 13.0. The van der Waals surface area contributed by atoms with Gasteiger partial charge < -0.3 is 19.9 Å². The predicted octanol–water partition coefficient (Wildman–Crippen LogP) is 2.74. The molecule has 27 heavy (non-hydrogen) atoms. The summed E-state index contributed by atoms with van der Waals surface area (Å²) < 4.78 is 10.4. The van der Waals surface area contributed by atoms with Crippen molar-refractivity contribution in [1.29, 1.82) is 0 Å². The Bertz CT molecular complexity index is 758. The average molecular weight is 375 g/mol. The fourth-order valence-electron chi connectivity index (χ4n) is 3.11. The fraction of sp³-hybridized carbons (Fsp3) is 0.556. The van der Waals surface area contributed by atoms with Crippen LogP contribution in [0.4, 0.5) is 10.6 Å². The molecule has 1 fully saturated rings. The maximum atomic E-state index is 12.0. The summed E-state index contributed by atoms with van der Waals surface area (Å²) in [6.45, 7) is 3.96. The number of alkyl carbamates (subject to hydrolysis) is 1. The van der Waals surface area contributed by atoms with Gasteiger partial charge in [-0.05, 0) is 32.6 Å². The highest BCUT2D eigenvalue weighted by molar-refractivity contribution is 5.91. The molecule has 3 N–H and O–H groups in total. The van der Waals surface area contributed by atoms with E-state index in [9.17, 15) is 9.59 Å². The van der Waals surface area contributed by atoms with Gasteiger partial charge >= 0.3 is 6.09 Å². The molecule has 0 spiro atoms. The topological polar surface area (TPSA) is 122 Å². The lowest BCUT2D eigenvalue weighted by molar-refractivity contribution is -0.115. The SMILES string of the molecule is CC[C@H](C)NC(=O)O[C@H]1CC[C@@H](c2cc(NC(=O)Cc3ccno3)n[nH]2)C1. The highest BCUT2D eigenvalue weighted by Gasteiger charge is 2.30. The molecule has 1 aliphatic rings. The molecule has 2 amide bonds. The first-order valence-electron chi connectivity index (χ1n) is 9.25. The maximum Gasteiger partial charge on any atom is 0.407 e. The molecule has 0 saturated heterocycles. The summed E-state index contributed by atoms with van der Waals surface area (Å²) in [4.78, 5) is 23.8. The minimum Gasteiger partial charge on any atom is -0.446 e. The number of aromatic amines is 1. The van der Waals surface area contributed by atoms with Gasteiger partial charge in [0.2, 0.25) is 5.91 Å². The normalized spacial score (nSPS) is 20.2. The summed E-state index contributed by atoms with van der Waals surface area (Å²) >= 11 is 0. The molecule has 9 nitrogen and oxygen atoms in total. The number of carbonyl (C=O) groups is 2. The number of nitrogens with zero attached hydrogens (tertiary/aromatic N) is 2. The third kappa shape index (κ3) is 5.32. The van der Waals surface area contributed by atoms with Gasteiger partial charge in [0.15, 0.2) is 5.82 Å². The zero-order chi connectivity index (χ0) is 19.2. The summed E-state index contributed by atoms with van der Waals surface area (Å²) in [6, 6.07) is 3.57. The molecule has 1 aliphatic carbocycles. The number of aromatic nitrogens is 3. The Kier molecular flexibility index (Phi) is 6.10. The number of hydrogen-bond acceptors (Lipinski definition) is 6. The number of carbonyl (C=O) groups excluding carboxylic acids is 2. The van der Waals surface area contributed by atoms with Crippen molar-refractivity contribution < 1.29 is 18.8 Å². The molecule has 1 saturated carbocycles. The van der Waals surface area contributed by atoms with Crippen molar-refractivity contribution in [2.75, 3.05) is 5.32 Å². The number of amides is 2. The summed E-state index contributed by atoms with van der Waals surface area (Å²) in [6.07, 6.45) is 4.44. The quantitative estimate of drug-likeness (QED) is 0.684. The van der Waals surface area contributed by atoms with Gasteiger partial charge in [-0.2, -0.15) is 5.10 Å². The van der Waals surface area contributed by atoms with Gasteiger partial charge in [0.25, 0.3) is 0 Å². The van der Waals surface area contributed by atoms with E-state index in [4.69, 9.17) is 9.26 Å². The highest BCUT2D eigenvalue weighted by Crippen LogP contribution is 2.35. The zero-order valence-electron chi connectivity index (χ0n) is 15.5. The first kappa shape index (κ1) is 18.9. The van der Waals surface area contributed by atoms with Crippen molar-refractivity contribution in [2.24, 2.45) is 0 Å². The minimum atomic E-state index is -0.361. The molecule has 0 bridgehead atoms. The van der Waals surface area contributed by atoms with Gasteiger partial charge in [-0.1, -0.05) is 12.1 Å². The van der Waals surface area contributed by atoms with Crippen LogP contribution in [0.5, 0.6) is 0 Å². The number of hydrogen-bond donors (Lipinski definition) is 3. The third-order valence-electron chi connectivity index (χ3n) is 4.77. The van der Waals surface area contributed by atoms with Crippen LogP contribution in [0.3, 0.4) is 0 Å². The van der Waals surface area contributed by atoms with Crippen molar-refractivity contribution in [3.63, 3.8) is 0 Å². The molecule has 2 aromatic heterocycles. The summed E-state index contributed by atoms with van der Waals surface area (Å²) in [7, 11) is 0. The second-order valence-electron chi connectivity index (χ2n) is 6.90. The van der Waals surface area contributed by atoms with Crippen LogP contribution in [0.2, 0.25) is 0 Å². The fourth-order valence-corrected chi connectivity index (χ4v) is 3.11. The van der Waals surface area contributed by atoms with E-state index >= 15 is 0 Å². The van der Waals surface area contributed by atoms with Crippen molar-refractivity contribution in [3.05, 3.63) is 29.8 Å². The summed E-state index contributed by atoms with van der Waals surface area (Å²) in [5.74, 6) is 0.959. The predicted molar refractivity (Wildman–Crippen MR) is 97.2 cm³/mol. The van der Waals surface area contributed by atoms with Crippen LogP contribution in [0.15, 0.2) is 22.9 Å². The van der Waals surface area contributed by atoms with E-state index < -0.39 is 0 Å². The maximum absolute atomic E-state index is 12.0. The highest BCUT2D eigenvalue weighted by atomic mass is 16.6. The van der Waals surface area contributed by atoms with E-state index in [1.54, 1.807) is 6.07 Å². The number of anilines is 1. The summed E-state index contributed by atoms with van der Waals surface area (Å²) in [5.41, 5.74) is 0.929. The van der Waals surface area contributed by atoms with Gasteiger partial charge in [-0.15, -0.1) is 0 Å². The van der Waals surface area contributed by atoms with Crippen molar-refractivity contribution in [3.8, 4) is 0 Å². The van der Waals surface area contributed by atoms with E-state index in [1.165, 1.54) is 6.20 Å². The lowest BCUT2D eigenvalue weighted by Gasteiger charge is -2.16. The standard InChI is InChI=1S/C18H25N5O4/c1-3-11(2)20-18(25)26-13-5-4-12(8-13)15-10-16(23-22-15)21-17(24)9-14-6-7-19-27-14/h6-7,10-13H,3-5,8-9H2,1-2H3,(H,20,25)(H2,21,22,23,24)/t11-,12+,13-/m0/s1. The van der Waals surface area contributed by atoms with Gasteiger partial charge in [0, 0.05) is 29.8 Å². The van der Waals surface area contributed by atoms with Crippen molar-refractivity contribution in [2.45, 2.75) is 64.0 Å². The zero-order valence-corrected chi connectivity index (χ0v) is 15.5.